The molecule has 1 rings (SSSR count). The van der Waals surface area contributed by atoms with E-state index in [0.717, 1.165) is 5.69 Å². The molecule has 0 aliphatic carbocycles. The van der Waals surface area contributed by atoms with E-state index in [9.17, 15) is 9.90 Å². The van der Waals surface area contributed by atoms with E-state index in [1.165, 1.54) is 0 Å². The number of hydrogen-bond donors (Lipinski definition) is 1. The van der Waals surface area contributed by atoms with Crippen molar-refractivity contribution in [2.24, 2.45) is 0 Å². The van der Waals surface area contributed by atoms with Gasteiger partial charge in [-0.3, -0.25) is 4.79 Å². The summed E-state index contributed by atoms with van der Waals surface area (Å²) >= 11 is 0. The molecule has 4 heteroatoms. The van der Waals surface area contributed by atoms with Gasteiger partial charge >= 0.3 is 0 Å². The zero-order valence-electron chi connectivity index (χ0n) is 11.9. The minimum Gasteiger partial charge on any atom is -0.386 e. The number of ether oxygens (including phenoxy) is 1. The van der Waals surface area contributed by atoms with Gasteiger partial charge in [0.15, 0.2) is 0 Å². The van der Waals surface area contributed by atoms with Gasteiger partial charge < -0.3 is 14.4 Å². The normalized spacial score (nSPS) is 12.2. The van der Waals surface area contributed by atoms with E-state index in [2.05, 4.69) is 0 Å². The lowest BCUT2D eigenvalue weighted by atomic mass is 9.98. The second kappa shape index (κ2) is 5.67. The van der Waals surface area contributed by atoms with Crippen LogP contribution < -0.4 is 5.56 Å². The number of aliphatic hydroxyl groups is 1. The molecule has 102 valence electrons. The van der Waals surface area contributed by atoms with Gasteiger partial charge in [-0.25, -0.2) is 0 Å². The Labute approximate surface area is 108 Å². The van der Waals surface area contributed by atoms with Crippen LogP contribution in [0.2, 0.25) is 0 Å². The Morgan fingerprint density at radius 2 is 2.00 bits per heavy atom. The fraction of sp³-hybridized carbons (Fsp3) is 0.643. The molecule has 0 saturated carbocycles. The second-order valence-corrected chi connectivity index (χ2v) is 5.34. The summed E-state index contributed by atoms with van der Waals surface area (Å²) in [5, 5.41) is 10.0. The van der Waals surface area contributed by atoms with Crippen LogP contribution in [0.4, 0.5) is 0 Å². The quantitative estimate of drug-likeness (QED) is 0.871. The summed E-state index contributed by atoms with van der Waals surface area (Å²) in [6, 6.07) is 3.63. The summed E-state index contributed by atoms with van der Waals surface area (Å²) in [6.07, 6.45) is 0. The van der Waals surface area contributed by atoms with Crippen LogP contribution in [0.25, 0.3) is 0 Å². The summed E-state index contributed by atoms with van der Waals surface area (Å²) < 4.78 is 6.73. The van der Waals surface area contributed by atoms with Gasteiger partial charge in [0.2, 0.25) is 0 Å². The van der Waals surface area contributed by atoms with Crippen molar-refractivity contribution in [2.45, 2.75) is 45.8 Å². The van der Waals surface area contributed by atoms with Gasteiger partial charge in [-0.1, -0.05) is 13.8 Å². The molecule has 0 saturated heterocycles. The molecule has 0 spiro atoms. The van der Waals surface area contributed by atoms with E-state index in [1.54, 1.807) is 31.6 Å². The van der Waals surface area contributed by atoms with Gasteiger partial charge in [-0.15, -0.1) is 0 Å². The van der Waals surface area contributed by atoms with E-state index >= 15 is 0 Å². The lowest BCUT2D eigenvalue weighted by Gasteiger charge is -2.22. The Bertz CT molecular complexity index is 455. The van der Waals surface area contributed by atoms with E-state index in [-0.39, 0.29) is 11.5 Å². The van der Waals surface area contributed by atoms with Crippen LogP contribution in [0.5, 0.6) is 0 Å². The Kier molecular flexibility index (Phi) is 4.71. The van der Waals surface area contributed by atoms with Gasteiger partial charge in [0.05, 0.1) is 12.2 Å². The summed E-state index contributed by atoms with van der Waals surface area (Å²) in [7, 11) is 1.61. The second-order valence-electron chi connectivity index (χ2n) is 5.34. The van der Waals surface area contributed by atoms with Gasteiger partial charge in [0, 0.05) is 24.9 Å². The van der Waals surface area contributed by atoms with Gasteiger partial charge in [0.1, 0.15) is 0 Å². The number of nitrogens with zero attached hydrogens (tertiary/aromatic N) is 1. The molecule has 4 nitrogen and oxygen atoms in total. The largest absolute Gasteiger partial charge is 0.386 e. The third kappa shape index (κ3) is 3.21. The van der Waals surface area contributed by atoms with Gasteiger partial charge in [-0.2, -0.15) is 0 Å². The third-order valence-corrected chi connectivity index (χ3v) is 2.98. The summed E-state index contributed by atoms with van der Waals surface area (Å²) in [5.41, 5.74) is 0.125. The zero-order chi connectivity index (χ0) is 13.9. The molecule has 1 aromatic heterocycles. The smallest absolute Gasteiger partial charge is 0.256 e. The van der Waals surface area contributed by atoms with Crippen LogP contribution in [0.1, 0.15) is 44.9 Å². The maximum atomic E-state index is 12.4. The van der Waals surface area contributed by atoms with Crippen LogP contribution in [0.15, 0.2) is 16.9 Å². The lowest BCUT2D eigenvalue weighted by molar-refractivity contribution is 0.0761. The van der Waals surface area contributed by atoms with Crippen molar-refractivity contribution in [3.8, 4) is 0 Å². The molecule has 0 unspecified atom stereocenters. The molecule has 0 amide bonds. The molecule has 0 aliphatic rings. The third-order valence-electron chi connectivity index (χ3n) is 2.98. The first-order valence-electron chi connectivity index (χ1n) is 6.24. The molecule has 1 aromatic rings. The van der Waals surface area contributed by atoms with Crippen molar-refractivity contribution in [3.05, 3.63) is 33.7 Å². The van der Waals surface area contributed by atoms with Crippen molar-refractivity contribution in [1.82, 2.24) is 4.57 Å². The number of rotatable bonds is 5. The highest BCUT2D eigenvalue weighted by Gasteiger charge is 2.22. The van der Waals surface area contributed by atoms with Crippen molar-refractivity contribution in [3.63, 3.8) is 0 Å². The molecule has 18 heavy (non-hydrogen) atoms. The Morgan fingerprint density at radius 3 is 2.44 bits per heavy atom. The van der Waals surface area contributed by atoms with Crippen LogP contribution in [-0.4, -0.2) is 23.4 Å². The first-order chi connectivity index (χ1) is 8.29. The van der Waals surface area contributed by atoms with Crippen molar-refractivity contribution >= 4 is 0 Å². The monoisotopic (exact) mass is 253 g/mol. The maximum Gasteiger partial charge on any atom is 0.256 e. The first-order valence-corrected chi connectivity index (χ1v) is 6.24. The molecular weight excluding hydrogens is 230 g/mol. The molecule has 1 N–H and O–H groups in total. The zero-order valence-corrected chi connectivity index (χ0v) is 11.9. The van der Waals surface area contributed by atoms with Crippen molar-refractivity contribution in [1.29, 1.82) is 0 Å². The summed E-state index contributed by atoms with van der Waals surface area (Å²) in [4.78, 5) is 12.4. The highest BCUT2D eigenvalue weighted by molar-refractivity contribution is 5.22. The predicted molar refractivity (Wildman–Crippen MR) is 71.9 cm³/mol. The van der Waals surface area contributed by atoms with Gasteiger partial charge in [0.25, 0.3) is 5.56 Å². The predicted octanol–water partition coefficient (Wildman–Crippen LogP) is 1.85. The molecule has 0 radical (unpaired) electrons. The highest BCUT2D eigenvalue weighted by atomic mass is 16.5. The van der Waals surface area contributed by atoms with Gasteiger partial charge in [-0.05, 0) is 31.9 Å². The average Bonchev–Trinajstić information content (AvgIpc) is 2.25. The fourth-order valence-electron chi connectivity index (χ4n) is 1.98. The standard InChI is InChI=1S/C14H23NO3/c1-10(2)12-7-6-11(14(3,4)17)13(16)15(12)8-9-18-5/h6-7,10,17H,8-9H2,1-5H3. The fourth-order valence-corrected chi connectivity index (χ4v) is 1.98. The van der Waals surface area contributed by atoms with Crippen LogP contribution in [0.3, 0.4) is 0 Å². The summed E-state index contributed by atoms with van der Waals surface area (Å²) in [6.45, 7) is 8.32. The SMILES string of the molecule is COCCn1c(C(C)C)ccc(C(C)(C)O)c1=O. The number of aromatic nitrogens is 1. The lowest BCUT2D eigenvalue weighted by Crippen LogP contribution is -2.34. The average molecular weight is 253 g/mol. The minimum atomic E-state index is -1.12. The molecule has 0 fully saturated rings. The Hall–Kier alpha value is -1.13. The molecule has 0 aromatic carbocycles. The summed E-state index contributed by atoms with van der Waals surface area (Å²) in [5.74, 6) is 0.255. The Balaban J connectivity index is 3.36. The number of methoxy groups -OCH3 is 1. The van der Waals surface area contributed by atoms with Crippen LogP contribution >= 0.6 is 0 Å². The topological polar surface area (TPSA) is 51.5 Å². The number of pyridine rings is 1. The molecule has 0 bridgehead atoms. The number of hydrogen-bond acceptors (Lipinski definition) is 3. The van der Waals surface area contributed by atoms with Crippen molar-refractivity contribution < 1.29 is 9.84 Å². The minimum absolute atomic E-state index is 0.134. The van der Waals surface area contributed by atoms with Crippen molar-refractivity contribution in [2.75, 3.05) is 13.7 Å². The highest BCUT2D eigenvalue weighted by Crippen LogP contribution is 2.19. The van der Waals surface area contributed by atoms with Crippen LogP contribution in [0, 0.1) is 0 Å². The van der Waals surface area contributed by atoms with Crippen LogP contribution in [-0.2, 0) is 16.9 Å². The van der Waals surface area contributed by atoms with E-state index in [1.807, 2.05) is 19.9 Å². The van der Waals surface area contributed by atoms with E-state index < -0.39 is 5.60 Å². The molecular formula is C14H23NO3. The Morgan fingerprint density at radius 1 is 1.39 bits per heavy atom. The molecule has 0 aliphatic heterocycles. The van der Waals surface area contributed by atoms with E-state index in [0.29, 0.717) is 18.7 Å². The molecule has 0 atom stereocenters. The first kappa shape index (κ1) is 14.9. The maximum absolute atomic E-state index is 12.4. The molecule has 1 heterocycles. The van der Waals surface area contributed by atoms with E-state index in [4.69, 9.17) is 4.74 Å².